The van der Waals surface area contributed by atoms with Crippen LogP contribution in [0.2, 0.25) is 0 Å². The fourth-order valence-electron chi connectivity index (χ4n) is 3.27. The van der Waals surface area contributed by atoms with Gasteiger partial charge in [0.2, 0.25) is 5.91 Å². The number of carbonyl (C=O) groups is 2. The van der Waals surface area contributed by atoms with Crippen molar-refractivity contribution in [2.75, 3.05) is 6.54 Å². The van der Waals surface area contributed by atoms with Gasteiger partial charge in [-0.15, -0.1) is 0 Å². The zero-order valence-electron chi connectivity index (χ0n) is 15.4. The van der Waals surface area contributed by atoms with E-state index in [-0.39, 0.29) is 24.2 Å². The van der Waals surface area contributed by atoms with Gasteiger partial charge in [0.1, 0.15) is 11.4 Å². The van der Waals surface area contributed by atoms with E-state index in [0.29, 0.717) is 5.56 Å². The molecule has 1 fully saturated rings. The summed E-state index contributed by atoms with van der Waals surface area (Å²) in [6.45, 7) is 5.50. The Kier molecular flexibility index (Phi) is 5.38. The van der Waals surface area contributed by atoms with Crippen LogP contribution in [-0.4, -0.2) is 29.0 Å². The largest absolute Gasteiger partial charge is 0.443 e. The molecule has 1 aliphatic heterocycles. The molecule has 0 radical (unpaired) electrons. The summed E-state index contributed by atoms with van der Waals surface area (Å²) in [6.07, 6.45) is -0.653. The molecule has 6 heteroatoms. The molecule has 27 heavy (non-hydrogen) atoms. The van der Waals surface area contributed by atoms with Crippen LogP contribution in [0.3, 0.4) is 0 Å². The van der Waals surface area contributed by atoms with Crippen LogP contribution in [0.25, 0.3) is 0 Å². The lowest BCUT2D eigenvalue weighted by molar-refractivity contribution is -0.128. The summed E-state index contributed by atoms with van der Waals surface area (Å²) >= 11 is 3.41. The first-order valence-electron chi connectivity index (χ1n) is 8.71. The molecule has 2 unspecified atom stereocenters. The van der Waals surface area contributed by atoms with Crippen LogP contribution in [0, 0.1) is 5.82 Å². The van der Waals surface area contributed by atoms with E-state index in [1.165, 1.54) is 12.1 Å². The lowest BCUT2D eigenvalue weighted by Crippen LogP contribution is -2.38. The lowest BCUT2D eigenvalue weighted by atomic mass is 9.84. The van der Waals surface area contributed by atoms with Crippen molar-refractivity contribution in [3.05, 3.63) is 69.9 Å². The number of hydrogen-bond donors (Lipinski definition) is 0. The Hall–Kier alpha value is -2.21. The fourth-order valence-corrected chi connectivity index (χ4v) is 3.53. The van der Waals surface area contributed by atoms with E-state index in [9.17, 15) is 14.0 Å². The minimum Gasteiger partial charge on any atom is -0.443 e. The average Bonchev–Trinajstić information content (AvgIpc) is 2.92. The molecule has 0 saturated carbocycles. The number of ether oxygens (including phenoxy) is 1. The third-order valence-corrected chi connectivity index (χ3v) is 4.98. The van der Waals surface area contributed by atoms with Gasteiger partial charge in [0.15, 0.2) is 0 Å². The van der Waals surface area contributed by atoms with E-state index >= 15 is 0 Å². The number of imide groups is 1. The zero-order chi connectivity index (χ0) is 19.8. The standard InChI is InChI=1S/C21H21BrFNO3/c1-21(2,3)27-20(26)24-12-17(13-4-8-15(22)9-5-13)18(19(24)25)14-6-10-16(23)11-7-14/h4-11,17-18H,12H2,1-3H3. The highest BCUT2D eigenvalue weighted by Gasteiger charge is 2.46. The molecule has 1 aliphatic rings. The molecular weight excluding hydrogens is 413 g/mol. The van der Waals surface area contributed by atoms with Crippen molar-refractivity contribution >= 4 is 27.9 Å². The number of rotatable bonds is 2. The third-order valence-electron chi connectivity index (χ3n) is 4.45. The molecule has 3 rings (SSSR count). The van der Waals surface area contributed by atoms with Gasteiger partial charge in [0.05, 0.1) is 5.92 Å². The molecule has 1 heterocycles. The fraction of sp³-hybridized carbons (Fsp3) is 0.333. The highest BCUT2D eigenvalue weighted by molar-refractivity contribution is 9.10. The Morgan fingerprint density at radius 1 is 1.07 bits per heavy atom. The van der Waals surface area contributed by atoms with E-state index in [1.807, 2.05) is 24.3 Å². The molecule has 4 nitrogen and oxygen atoms in total. The van der Waals surface area contributed by atoms with Crippen molar-refractivity contribution < 1.29 is 18.7 Å². The smallest absolute Gasteiger partial charge is 0.417 e. The quantitative estimate of drug-likeness (QED) is 0.650. The average molecular weight is 434 g/mol. The Labute approximate surface area is 166 Å². The molecular formula is C21H21BrFNO3. The third kappa shape index (κ3) is 4.38. The Morgan fingerprint density at radius 2 is 1.63 bits per heavy atom. The molecule has 2 aromatic rings. The Morgan fingerprint density at radius 3 is 2.19 bits per heavy atom. The predicted molar refractivity (Wildman–Crippen MR) is 104 cm³/mol. The van der Waals surface area contributed by atoms with E-state index in [4.69, 9.17) is 4.74 Å². The first-order valence-corrected chi connectivity index (χ1v) is 9.50. The normalized spacial score (nSPS) is 20.0. The van der Waals surface area contributed by atoms with Gasteiger partial charge in [-0.05, 0) is 56.2 Å². The SMILES string of the molecule is CC(C)(C)OC(=O)N1CC(c2ccc(Br)cc2)C(c2ccc(F)cc2)C1=O. The van der Waals surface area contributed by atoms with Crippen LogP contribution in [0.1, 0.15) is 43.7 Å². The summed E-state index contributed by atoms with van der Waals surface area (Å²) in [7, 11) is 0. The Bertz CT molecular complexity index is 843. The summed E-state index contributed by atoms with van der Waals surface area (Å²) in [6, 6.07) is 13.5. The summed E-state index contributed by atoms with van der Waals surface area (Å²) in [5.74, 6) is -1.50. The molecule has 0 aromatic heterocycles. The maximum atomic E-state index is 13.4. The highest BCUT2D eigenvalue weighted by Crippen LogP contribution is 2.41. The van der Waals surface area contributed by atoms with Crippen LogP contribution in [0.5, 0.6) is 0 Å². The van der Waals surface area contributed by atoms with Gasteiger partial charge in [-0.2, -0.15) is 0 Å². The van der Waals surface area contributed by atoms with Crippen molar-refractivity contribution in [1.29, 1.82) is 0 Å². The number of amides is 2. The van der Waals surface area contributed by atoms with Crippen LogP contribution in [0.4, 0.5) is 9.18 Å². The minimum atomic E-state index is -0.696. The topological polar surface area (TPSA) is 46.6 Å². The number of hydrogen-bond acceptors (Lipinski definition) is 3. The Balaban J connectivity index is 1.98. The molecule has 2 aromatic carbocycles. The zero-order valence-corrected chi connectivity index (χ0v) is 17.0. The van der Waals surface area contributed by atoms with Crippen molar-refractivity contribution in [2.24, 2.45) is 0 Å². The number of likely N-dealkylation sites (tertiary alicyclic amines) is 1. The summed E-state index contributed by atoms with van der Waals surface area (Å²) in [5.41, 5.74) is 0.922. The van der Waals surface area contributed by atoms with Gasteiger partial charge in [-0.3, -0.25) is 4.79 Å². The van der Waals surface area contributed by atoms with Gasteiger partial charge < -0.3 is 4.74 Å². The number of benzene rings is 2. The molecule has 2 atom stereocenters. The van der Waals surface area contributed by atoms with E-state index < -0.39 is 17.6 Å². The molecule has 0 N–H and O–H groups in total. The molecule has 0 spiro atoms. The summed E-state index contributed by atoms with van der Waals surface area (Å²) < 4.78 is 19.7. The van der Waals surface area contributed by atoms with Crippen LogP contribution in [0.15, 0.2) is 53.0 Å². The number of halogens is 2. The molecule has 142 valence electrons. The molecule has 0 aliphatic carbocycles. The van der Waals surface area contributed by atoms with Crippen molar-refractivity contribution in [3.8, 4) is 0 Å². The second-order valence-electron chi connectivity index (χ2n) is 7.62. The first kappa shape index (κ1) is 19.5. The van der Waals surface area contributed by atoms with Gasteiger partial charge in [-0.25, -0.2) is 14.1 Å². The minimum absolute atomic E-state index is 0.220. The van der Waals surface area contributed by atoms with Crippen LogP contribution >= 0.6 is 15.9 Å². The number of nitrogens with zero attached hydrogens (tertiary/aromatic N) is 1. The monoisotopic (exact) mass is 433 g/mol. The second-order valence-corrected chi connectivity index (χ2v) is 8.53. The molecule has 0 bridgehead atoms. The second kappa shape index (κ2) is 7.43. The van der Waals surface area contributed by atoms with Crippen LogP contribution in [-0.2, 0) is 9.53 Å². The summed E-state index contributed by atoms with van der Waals surface area (Å²) in [5, 5.41) is 0. The van der Waals surface area contributed by atoms with E-state index in [2.05, 4.69) is 15.9 Å². The van der Waals surface area contributed by atoms with Crippen molar-refractivity contribution in [2.45, 2.75) is 38.2 Å². The van der Waals surface area contributed by atoms with Gasteiger partial charge in [0.25, 0.3) is 0 Å². The van der Waals surface area contributed by atoms with Gasteiger partial charge in [-0.1, -0.05) is 40.2 Å². The van der Waals surface area contributed by atoms with E-state index in [1.54, 1.807) is 32.9 Å². The molecule has 1 saturated heterocycles. The number of carbonyl (C=O) groups excluding carboxylic acids is 2. The maximum Gasteiger partial charge on any atom is 0.417 e. The lowest BCUT2D eigenvalue weighted by Gasteiger charge is -2.23. The molecule has 2 amide bonds. The van der Waals surface area contributed by atoms with Crippen LogP contribution < -0.4 is 0 Å². The van der Waals surface area contributed by atoms with E-state index in [0.717, 1.165) is 14.9 Å². The van der Waals surface area contributed by atoms with Gasteiger partial charge >= 0.3 is 6.09 Å². The van der Waals surface area contributed by atoms with Crippen molar-refractivity contribution in [3.63, 3.8) is 0 Å². The first-order chi connectivity index (χ1) is 12.7. The van der Waals surface area contributed by atoms with Gasteiger partial charge in [0, 0.05) is 16.9 Å². The summed E-state index contributed by atoms with van der Waals surface area (Å²) in [4.78, 5) is 26.8. The highest BCUT2D eigenvalue weighted by atomic mass is 79.9. The van der Waals surface area contributed by atoms with Crippen molar-refractivity contribution in [1.82, 2.24) is 4.90 Å². The predicted octanol–water partition coefficient (Wildman–Crippen LogP) is 5.23. The maximum absolute atomic E-state index is 13.4.